The first-order valence-electron chi connectivity index (χ1n) is 7.20. The Balaban J connectivity index is 1.75. The molecule has 2 fully saturated rings. The molecule has 1 saturated carbocycles. The summed E-state index contributed by atoms with van der Waals surface area (Å²) in [7, 11) is 0. The Bertz CT molecular complexity index is 660. The minimum absolute atomic E-state index is 0.119. The molecule has 4 rings (SSSR count). The van der Waals surface area contributed by atoms with Crippen LogP contribution in [-0.4, -0.2) is 29.3 Å². The topological polar surface area (TPSA) is 36.4 Å². The fourth-order valence-corrected chi connectivity index (χ4v) is 4.31. The van der Waals surface area contributed by atoms with E-state index in [1.807, 2.05) is 6.20 Å². The number of rotatable bonds is 1. The van der Waals surface area contributed by atoms with E-state index in [-0.39, 0.29) is 6.10 Å². The Kier molecular flexibility index (Phi) is 2.97. The number of hydrogen-bond donors (Lipinski definition) is 1. The zero-order valence-electron chi connectivity index (χ0n) is 11.2. The summed E-state index contributed by atoms with van der Waals surface area (Å²) in [5.74, 6) is 2.12. The largest absolute Gasteiger partial charge is 0.393 e. The molecule has 20 heavy (non-hydrogen) atoms. The minimum atomic E-state index is -0.119. The van der Waals surface area contributed by atoms with Crippen LogP contribution in [0.2, 0.25) is 0 Å². The molecule has 1 aliphatic carbocycles. The number of fused-ring (bicyclic) bond motifs is 2. The lowest BCUT2D eigenvalue weighted by Crippen LogP contribution is -2.25. The summed E-state index contributed by atoms with van der Waals surface area (Å²) in [5.41, 5.74) is 0. The first-order valence-corrected chi connectivity index (χ1v) is 7.99. The van der Waals surface area contributed by atoms with Crippen LogP contribution >= 0.6 is 15.9 Å². The fourth-order valence-electron chi connectivity index (χ4n) is 3.81. The van der Waals surface area contributed by atoms with E-state index in [2.05, 4.69) is 50.1 Å². The van der Waals surface area contributed by atoms with Crippen LogP contribution in [0.25, 0.3) is 10.8 Å². The summed E-state index contributed by atoms with van der Waals surface area (Å²) in [4.78, 5) is 6.96. The molecule has 2 heterocycles. The molecule has 3 unspecified atom stereocenters. The van der Waals surface area contributed by atoms with E-state index in [0.717, 1.165) is 36.2 Å². The lowest BCUT2D eigenvalue weighted by Gasteiger charge is -2.21. The second kappa shape index (κ2) is 4.71. The first kappa shape index (κ1) is 12.6. The van der Waals surface area contributed by atoms with Gasteiger partial charge in [-0.3, -0.25) is 0 Å². The summed E-state index contributed by atoms with van der Waals surface area (Å²) < 4.78 is 1.11. The van der Waals surface area contributed by atoms with Gasteiger partial charge in [-0.15, -0.1) is 0 Å². The second-order valence-corrected chi connectivity index (χ2v) is 6.80. The molecule has 0 spiro atoms. The number of halogens is 1. The molecule has 2 aromatic rings. The fraction of sp³-hybridized carbons (Fsp3) is 0.438. The van der Waals surface area contributed by atoms with E-state index >= 15 is 0 Å². The number of anilines is 1. The van der Waals surface area contributed by atoms with Crippen molar-refractivity contribution in [1.29, 1.82) is 0 Å². The van der Waals surface area contributed by atoms with Gasteiger partial charge in [0, 0.05) is 40.4 Å². The number of hydrogen-bond acceptors (Lipinski definition) is 3. The third-order valence-corrected chi connectivity index (χ3v) is 5.54. The average Bonchev–Trinajstić information content (AvgIpc) is 3.02. The Hall–Kier alpha value is -1.13. The van der Waals surface area contributed by atoms with Crippen LogP contribution in [0, 0.1) is 11.8 Å². The van der Waals surface area contributed by atoms with Gasteiger partial charge in [-0.25, -0.2) is 4.98 Å². The molecule has 0 amide bonds. The molecule has 3 nitrogen and oxygen atoms in total. The predicted molar refractivity (Wildman–Crippen MR) is 83.9 cm³/mol. The number of nitrogens with zero attached hydrogens (tertiary/aromatic N) is 2. The highest BCUT2D eigenvalue weighted by atomic mass is 79.9. The highest BCUT2D eigenvalue weighted by Crippen LogP contribution is 2.41. The zero-order chi connectivity index (χ0) is 13.7. The van der Waals surface area contributed by atoms with Crippen molar-refractivity contribution in [2.24, 2.45) is 11.8 Å². The van der Waals surface area contributed by atoms with E-state index in [4.69, 9.17) is 0 Å². The standard InChI is InChI=1S/C16H17BrN2O/c17-14-3-1-2-12-11(14)6-7-18-16(12)19-8-10-4-5-15(20)13(10)9-19/h1-3,6-7,10,13,15,20H,4-5,8-9H2. The third kappa shape index (κ3) is 1.85. The van der Waals surface area contributed by atoms with Crippen LogP contribution in [0.1, 0.15) is 12.8 Å². The van der Waals surface area contributed by atoms with Crippen molar-refractivity contribution in [2.45, 2.75) is 18.9 Å². The van der Waals surface area contributed by atoms with Crippen molar-refractivity contribution in [3.8, 4) is 0 Å². The summed E-state index contributed by atoms with van der Waals surface area (Å²) in [6, 6.07) is 8.31. The van der Waals surface area contributed by atoms with Gasteiger partial charge in [0.2, 0.25) is 0 Å². The van der Waals surface area contributed by atoms with Crippen molar-refractivity contribution in [3.05, 3.63) is 34.9 Å². The van der Waals surface area contributed by atoms with E-state index in [0.29, 0.717) is 11.8 Å². The van der Waals surface area contributed by atoms with Gasteiger partial charge in [0.15, 0.2) is 0 Å². The zero-order valence-corrected chi connectivity index (χ0v) is 12.8. The van der Waals surface area contributed by atoms with Crippen molar-refractivity contribution < 1.29 is 5.11 Å². The van der Waals surface area contributed by atoms with Crippen LogP contribution in [0.3, 0.4) is 0 Å². The Morgan fingerprint density at radius 2 is 2.05 bits per heavy atom. The molecule has 104 valence electrons. The highest BCUT2D eigenvalue weighted by Gasteiger charge is 2.42. The predicted octanol–water partition coefficient (Wildman–Crippen LogP) is 3.20. The van der Waals surface area contributed by atoms with Crippen molar-refractivity contribution in [3.63, 3.8) is 0 Å². The summed E-state index contributed by atoms with van der Waals surface area (Å²) in [6.07, 6.45) is 3.88. The van der Waals surface area contributed by atoms with E-state index in [1.54, 1.807) is 0 Å². The Morgan fingerprint density at radius 3 is 2.90 bits per heavy atom. The number of aliphatic hydroxyl groups is 1. The maximum absolute atomic E-state index is 10.1. The first-order chi connectivity index (χ1) is 9.74. The van der Waals surface area contributed by atoms with E-state index < -0.39 is 0 Å². The molecule has 0 radical (unpaired) electrons. The molecular weight excluding hydrogens is 316 g/mol. The minimum Gasteiger partial charge on any atom is -0.393 e. The van der Waals surface area contributed by atoms with Crippen molar-refractivity contribution in [2.75, 3.05) is 18.0 Å². The molecule has 4 heteroatoms. The van der Waals surface area contributed by atoms with Crippen LogP contribution < -0.4 is 4.90 Å². The Labute approximate surface area is 126 Å². The number of aromatic nitrogens is 1. The maximum atomic E-state index is 10.1. The van der Waals surface area contributed by atoms with E-state index in [1.165, 1.54) is 10.8 Å². The highest BCUT2D eigenvalue weighted by molar-refractivity contribution is 9.10. The molecule has 1 N–H and O–H groups in total. The van der Waals surface area contributed by atoms with E-state index in [9.17, 15) is 5.11 Å². The maximum Gasteiger partial charge on any atom is 0.136 e. The van der Waals surface area contributed by atoms with Gasteiger partial charge >= 0.3 is 0 Å². The SMILES string of the molecule is OC1CCC2CN(c3nccc4c(Br)cccc34)CC12. The molecule has 3 atom stereocenters. The monoisotopic (exact) mass is 332 g/mol. The second-order valence-electron chi connectivity index (χ2n) is 5.94. The molecule has 2 aliphatic rings. The lowest BCUT2D eigenvalue weighted by molar-refractivity contribution is 0.133. The van der Waals surface area contributed by atoms with Gasteiger partial charge in [-0.1, -0.05) is 28.1 Å². The van der Waals surface area contributed by atoms with Crippen molar-refractivity contribution >= 4 is 32.5 Å². The average molecular weight is 333 g/mol. The van der Waals surface area contributed by atoms with Crippen LogP contribution in [-0.2, 0) is 0 Å². The Morgan fingerprint density at radius 1 is 1.15 bits per heavy atom. The van der Waals surface area contributed by atoms with Gasteiger partial charge in [0.1, 0.15) is 5.82 Å². The quantitative estimate of drug-likeness (QED) is 0.871. The number of benzene rings is 1. The lowest BCUT2D eigenvalue weighted by atomic mass is 10.00. The smallest absolute Gasteiger partial charge is 0.136 e. The molecular formula is C16H17BrN2O. The van der Waals surface area contributed by atoms with Gasteiger partial charge in [0.05, 0.1) is 6.10 Å². The van der Waals surface area contributed by atoms with Gasteiger partial charge in [-0.2, -0.15) is 0 Å². The van der Waals surface area contributed by atoms with Gasteiger partial charge in [-0.05, 0) is 30.9 Å². The summed E-state index contributed by atoms with van der Waals surface area (Å²) >= 11 is 3.61. The number of pyridine rings is 1. The molecule has 1 aromatic heterocycles. The third-order valence-electron chi connectivity index (χ3n) is 4.85. The molecule has 1 aliphatic heterocycles. The number of aliphatic hydroxyl groups excluding tert-OH is 1. The summed E-state index contributed by atoms with van der Waals surface area (Å²) in [6.45, 7) is 1.96. The molecule has 1 saturated heterocycles. The van der Waals surface area contributed by atoms with Crippen molar-refractivity contribution in [1.82, 2.24) is 4.98 Å². The molecule has 1 aromatic carbocycles. The van der Waals surface area contributed by atoms with Gasteiger partial charge in [0.25, 0.3) is 0 Å². The van der Waals surface area contributed by atoms with Crippen LogP contribution in [0.15, 0.2) is 34.9 Å². The van der Waals surface area contributed by atoms with Gasteiger partial charge < -0.3 is 10.0 Å². The van der Waals surface area contributed by atoms with Crippen LogP contribution in [0.4, 0.5) is 5.82 Å². The van der Waals surface area contributed by atoms with Crippen LogP contribution in [0.5, 0.6) is 0 Å². The molecule has 0 bridgehead atoms. The normalized spacial score (nSPS) is 29.1. The summed E-state index contributed by atoms with van der Waals surface area (Å²) in [5, 5.41) is 12.5.